The Bertz CT molecular complexity index is 1380. The molecule has 3 rings (SSSR count). The third-order valence-electron chi connectivity index (χ3n) is 5.31. The monoisotopic (exact) mass is 608 g/mol. The predicted octanol–water partition coefficient (Wildman–Crippen LogP) is 4.94. The fourth-order valence-corrected chi connectivity index (χ4v) is 4.81. The van der Waals surface area contributed by atoms with Crippen LogP contribution in [0.15, 0.2) is 35.2 Å². The van der Waals surface area contributed by atoms with Gasteiger partial charge in [0.2, 0.25) is 5.91 Å². The average molecular weight is 609 g/mol. The van der Waals surface area contributed by atoms with Crippen LogP contribution in [-0.2, 0) is 26.7 Å². The molecule has 214 valence electrons. The van der Waals surface area contributed by atoms with E-state index in [1.165, 1.54) is 6.08 Å². The largest absolute Gasteiger partial charge is 0.493 e. The summed E-state index contributed by atoms with van der Waals surface area (Å²) in [6.45, 7) is -1.02. The molecule has 0 aliphatic carbocycles. The molecule has 8 nitrogen and oxygen atoms in total. The molecular weight excluding hydrogens is 590 g/mol. The number of alkyl halides is 6. The number of aliphatic carboxylic acids is 1. The molecule has 0 atom stereocenters. The number of primary amides is 1. The molecule has 0 saturated carbocycles. The minimum absolute atomic E-state index is 0.0244. The Hall–Kier alpha value is -3.79. The molecule has 1 fully saturated rings. The zero-order valence-electron chi connectivity index (χ0n) is 20.2. The first-order valence-corrected chi connectivity index (χ1v) is 12.1. The van der Waals surface area contributed by atoms with E-state index in [9.17, 15) is 40.7 Å². The molecule has 0 unspecified atom stereocenters. The summed E-state index contributed by atoms with van der Waals surface area (Å²) >= 11 is 5.95. The molecule has 2 aromatic rings. The van der Waals surface area contributed by atoms with E-state index in [1.807, 2.05) is 0 Å². The first-order valence-electron chi connectivity index (χ1n) is 10.9. The summed E-state index contributed by atoms with van der Waals surface area (Å²) in [6, 6.07) is 3.18. The highest BCUT2D eigenvalue weighted by Gasteiger charge is 2.37. The second-order valence-corrected chi connectivity index (χ2v) is 9.80. The fraction of sp³-hybridized carbons (Fsp3) is 0.250. The number of carbonyl (C=O) groups excluding carboxylic acids is 2. The van der Waals surface area contributed by atoms with E-state index in [0.717, 1.165) is 35.9 Å². The Kier molecular flexibility index (Phi) is 9.04. The number of hydrogen-bond donors (Lipinski definition) is 2. The summed E-state index contributed by atoms with van der Waals surface area (Å²) in [7, 11) is 1.12. The molecule has 16 heteroatoms. The lowest BCUT2D eigenvalue weighted by atomic mass is 9.96. The van der Waals surface area contributed by atoms with Crippen LogP contribution in [-0.4, -0.2) is 52.4 Å². The molecular formula is C24H18F6N2O6S2. The number of rotatable bonds is 9. The van der Waals surface area contributed by atoms with Crippen molar-refractivity contribution in [3.8, 4) is 22.6 Å². The van der Waals surface area contributed by atoms with E-state index in [0.29, 0.717) is 12.1 Å². The van der Waals surface area contributed by atoms with Crippen molar-refractivity contribution in [3.63, 3.8) is 0 Å². The van der Waals surface area contributed by atoms with Crippen molar-refractivity contribution in [2.45, 2.75) is 18.8 Å². The molecule has 0 aromatic heterocycles. The van der Waals surface area contributed by atoms with Crippen LogP contribution in [0.4, 0.5) is 26.3 Å². The molecule has 40 heavy (non-hydrogen) atoms. The number of carbonyl (C=O) groups is 3. The Morgan fingerprint density at radius 2 is 1.62 bits per heavy atom. The van der Waals surface area contributed by atoms with Crippen LogP contribution in [0.1, 0.15) is 23.1 Å². The van der Waals surface area contributed by atoms with Crippen molar-refractivity contribution >= 4 is 52.2 Å². The van der Waals surface area contributed by atoms with Crippen molar-refractivity contribution in [3.05, 3.63) is 51.9 Å². The number of carboxylic acids is 1. The minimum Gasteiger partial charge on any atom is -0.493 e. The van der Waals surface area contributed by atoms with Crippen LogP contribution in [0.25, 0.3) is 17.2 Å². The van der Waals surface area contributed by atoms with E-state index < -0.39 is 53.4 Å². The van der Waals surface area contributed by atoms with E-state index in [2.05, 4.69) is 0 Å². The Labute approximate surface area is 231 Å². The van der Waals surface area contributed by atoms with Gasteiger partial charge in [0.1, 0.15) is 4.32 Å². The summed E-state index contributed by atoms with van der Waals surface area (Å²) in [4.78, 5) is 36.2. The number of methoxy groups -OCH3 is 1. The molecule has 1 aliphatic heterocycles. The van der Waals surface area contributed by atoms with Gasteiger partial charge in [-0.2, -0.15) is 26.3 Å². The lowest BCUT2D eigenvalue weighted by molar-refractivity contribution is -0.143. The van der Waals surface area contributed by atoms with Gasteiger partial charge in [0.05, 0.1) is 23.1 Å². The number of halogens is 6. The number of ether oxygens (including phenoxy) is 2. The number of carboxylic acid groups (broad SMARTS) is 1. The van der Waals surface area contributed by atoms with Crippen LogP contribution in [0.3, 0.4) is 0 Å². The topological polar surface area (TPSA) is 119 Å². The maximum Gasteiger partial charge on any atom is 0.416 e. The Morgan fingerprint density at radius 1 is 1.05 bits per heavy atom. The van der Waals surface area contributed by atoms with Gasteiger partial charge in [-0.3, -0.25) is 14.5 Å². The zero-order chi connectivity index (χ0) is 30.0. The smallest absolute Gasteiger partial charge is 0.416 e. The van der Waals surface area contributed by atoms with E-state index in [4.69, 9.17) is 32.5 Å². The number of thioether (sulfide) groups is 1. The molecule has 1 heterocycles. The van der Waals surface area contributed by atoms with Gasteiger partial charge in [-0.05, 0) is 47.5 Å². The first-order chi connectivity index (χ1) is 18.5. The van der Waals surface area contributed by atoms with Crippen LogP contribution >= 0.6 is 24.0 Å². The van der Waals surface area contributed by atoms with Crippen molar-refractivity contribution in [1.29, 1.82) is 0 Å². The molecule has 3 N–H and O–H groups in total. The fourth-order valence-electron chi connectivity index (χ4n) is 3.52. The maximum atomic E-state index is 13.5. The second-order valence-electron chi connectivity index (χ2n) is 8.12. The molecule has 0 spiro atoms. The summed E-state index contributed by atoms with van der Waals surface area (Å²) < 4.78 is 91.3. The van der Waals surface area contributed by atoms with Crippen molar-refractivity contribution < 1.29 is 55.3 Å². The average Bonchev–Trinajstić information content (AvgIpc) is 3.11. The van der Waals surface area contributed by atoms with Crippen molar-refractivity contribution in [2.75, 3.05) is 20.3 Å². The van der Waals surface area contributed by atoms with Gasteiger partial charge in [0, 0.05) is 18.5 Å². The summed E-state index contributed by atoms with van der Waals surface area (Å²) in [5.74, 6) is -3.25. The molecule has 0 bridgehead atoms. The highest BCUT2D eigenvalue weighted by Crippen LogP contribution is 2.43. The summed E-state index contributed by atoms with van der Waals surface area (Å²) in [5, 5.41) is 9.06. The van der Waals surface area contributed by atoms with Gasteiger partial charge in [0.25, 0.3) is 5.91 Å². The standard InChI is InChI=1S/C24H18F6N2O6S2/c1-37-16-7-11(12-5-14(23(25,26)27)9-15(6-12)24(28,29)30)4-13(20(16)38-10-19(34)35)8-17-21(36)32(22(39)40-17)3-2-18(31)33/h4-9H,2-3,10H2,1H3,(H2,31,33)(H,34,35)/b17-8-. The normalized spacial score (nSPS) is 15.1. The van der Waals surface area contributed by atoms with E-state index in [1.54, 1.807) is 0 Å². The molecule has 1 aliphatic rings. The molecule has 0 radical (unpaired) electrons. The SMILES string of the molecule is COc1cc(-c2cc(C(F)(F)F)cc(C(F)(F)F)c2)cc(/C=C2\SC(=S)N(CCC(N)=O)C2=O)c1OCC(=O)O. The van der Waals surface area contributed by atoms with Crippen LogP contribution in [0.2, 0.25) is 0 Å². The number of nitrogens with zero attached hydrogens (tertiary/aromatic N) is 1. The minimum atomic E-state index is -5.10. The van der Waals surface area contributed by atoms with Gasteiger partial charge in [-0.25, -0.2) is 4.79 Å². The van der Waals surface area contributed by atoms with Crippen molar-refractivity contribution in [2.24, 2.45) is 5.73 Å². The Balaban J connectivity index is 2.22. The third-order valence-corrected chi connectivity index (χ3v) is 6.68. The van der Waals surface area contributed by atoms with Gasteiger partial charge in [-0.15, -0.1) is 0 Å². The zero-order valence-corrected chi connectivity index (χ0v) is 21.8. The lowest BCUT2D eigenvalue weighted by Crippen LogP contribution is -2.31. The predicted molar refractivity (Wildman–Crippen MR) is 135 cm³/mol. The first kappa shape index (κ1) is 30.7. The summed E-state index contributed by atoms with van der Waals surface area (Å²) in [5.41, 5.74) is 1.22. The highest BCUT2D eigenvalue weighted by atomic mass is 32.2. The summed E-state index contributed by atoms with van der Waals surface area (Å²) in [6.07, 6.45) is -9.24. The van der Waals surface area contributed by atoms with E-state index >= 15 is 0 Å². The number of benzene rings is 2. The molecule has 1 saturated heterocycles. The van der Waals surface area contributed by atoms with Crippen molar-refractivity contribution in [1.82, 2.24) is 4.90 Å². The number of hydrogen-bond acceptors (Lipinski definition) is 7. The second kappa shape index (κ2) is 11.8. The highest BCUT2D eigenvalue weighted by molar-refractivity contribution is 8.26. The van der Waals surface area contributed by atoms with Gasteiger partial charge < -0.3 is 20.3 Å². The van der Waals surface area contributed by atoms with Crippen LogP contribution < -0.4 is 15.2 Å². The van der Waals surface area contributed by atoms with Crippen LogP contribution in [0.5, 0.6) is 11.5 Å². The maximum absolute atomic E-state index is 13.5. The van der Waals surface area contributed by atoms with Gasteiger partial charge >= 0.3 is 18.3 Å². The number of nitrogens with two attached hydrogens (primary N) is 1. The number of thiocarbonyl (C=S) groups is 1. The third kappa shape index (κ3) is 7.24. The number of amides is 2. The quantitative estimate of drug-likeness (QED) is 0.234. The van der Waals surface area contributed by atoms with Gasteiger partial charge in [0.15, 0.2) is 18.1 Å². The molecule has 2 aromatic carbocycles. The molecule has 2 amide bonds. The van der Waals surface area contributed by atoms with E-state index in [-0.39, 0.29) is 50.9 Å². The van der Waals surface area contributed by atoms with Gasteiger partial charge in [-0.1, -0.05) is 24.0 Å². The Morgan fingerprint density at radius 3 is 2.12 bits per heavy atom. The lowest BCUT2D eigenvalue weighted by Gasteiger charge is -2.17. The van der Waals surface area contributed by atoms with Crippen LogP contribution in [0, 0.1) is 0 Å².